The van der Waals surface area contributed by atoms with Crippen LogP contribution < -0.4 is 5.73 Å². The maximum absolute atomic E-state index is 8.77. The minimum absolute atomic E-state index is 0.618. The Kier molecular flexibility index (Phi) is 3.03. The van der Waals surface area contributed by atoms with Crippen LogP contribution in [0.1, 0.15) is 5.69 Å². The van der Waals surface area contributed by atoms with Crippen LogP contribution in [0.15, 0.2) is 27.6 Å². The molecule has 0 aliphatic carbocycles. The summed E-state index contributed by atoms with van der Waals surface area (Å²) in [6.45, 7) is 1.91. The number of nitriles is 1. The third-order valence-corrected chi connectivity index (χ3v) is 3.82. The van der Waals surface area contributed by atoms with Gasteiger partial charge in [-0.2, -0.15) is 5.26 Å². The van der Waals surface area contributed by atoms with E-state index in [0.717, 1.165) is 37.7 Å². The number of pyridine rings is 1. The molecule has 80 valence electrons. The van der Waals surface area contributed by atoms with Gasteiger partial charge >= 0.3 is 0 Å². The van der Waals surface area contributed by atoms with Crippen molar-refractivity contribution in [2.24, 2.45) is 0 Å². The Morgan fingerprint density at radius 2 is 2.25 bits per heavy atom. The molecule has 3 nitrogen and oxygen atoms in total. The van der Waals surface area contributed by atoms with Crippen LogP contribution in [-0.4, -0.2) is 4.98 Å². The topological polar surface area (TPSA) is 62.7 Å². The van der Waals surface area contributed by atoms with Crippen LogP contribution >= 0.6 is 27.7 Å². The van der Waals surface area contributed by atoms with E-state index in [9.17, 15) is 0 Å². The predicted molar refractivity (Wildman–Crippen MR) is 70.1 cm³/mol. The van der Waals surface area contributed by atoms with Crippen molar-refractivity contribution in [2.45, 2.75) is 11.8 Å². The predicted octanol–water partition coefficient (Wildman–Crippen LogP) is 3.46. The lowest BCUT2D eigenvalue weighted by Crippen LogP contribution is -1.93. The van der Waals surface area contributed by atoms with Crippen molar-refractivity contribution in [2.75, 3.05) is 5.73 Å². The van der Waals surface area contributed by atoms with Crippen LogP contribution in [0.3, 0.4) is 0 Å². The zero-order chi connectivity index (χ0) is 11.7. The van der Waals surface area contributed by atoms with Gasteiger partial charge in [-0.05, 0) is 52.8 Å². The van der Waals surface area contributed by atoms with Gasteiger partial charge in [0.1, 0.15) is 5.40 Å². The lowest BCUT2D eigenvalue weighted by atomic mass is 10.2. The van der Waals surface area contributed by atoms with Gasteiger partial charge in [0.2, 0.25) is 0 Å². The SMILES string of the molecule is Cc1ccc2c(SC#N)c(Br)cc(N)c2n1. The van der Waals surface area contributed by atoms with E-state index < -0.39 is 0 Å². The number of anilines is 1. The van der Waals surface area contributed by atoms with Crippen molar-refractivity contribution >= 4 is 44.3 Å². The molecule has 0 atom stereocenters. The molecule has 1 heterocycles. The summed E-state index contributed by atoms with van der Waals surface area (Å²) in [6.07, 6.45) is 0. The maximum Gasteiger partial charge on any atom is 0.138 e. The summed E-state index contributed by atoms with van der Waals surface area (Å²) >= 11 is 4.52. The number of aryl methyl sites for hydroxylation is 1. The molecule has 2 rings (SSSR count). The molecule has 2 aromatic rings. The second-order valence-corrected chi connectivity index (χ2v) is 4.97. The van der Waals surface area contributed by atoms with E-state index in [1.165, 1.54) is 0 Å². The molecule has 1 aromatic carbocycles. The zero-order valence-corrected chi connectivity index (χ0v) is 10.9. The number of aromatic nitrogens is 1. The van der Waals surface area contributed by atoms with Crippen LogP contribution in [-0.2, 0) is 0 Å². The minimum Gasteiger partial charge on any atom is -0.397 e. The first-order valence-electron chi connectivity index (χ1n) is 4.54. The van der Waals surface area contributed by atoms with E-state index in [1.54, 1.807) is 6.07 Å². The van der Waals surface area contributed by atoms with E-state index in [2.05, 4.69) is 26.3 Å². The van der Waals surface area contributed by atoms with Crippen LogP contribution in [0.25, 0.3) is 10.9 Å². The van der Waals surface area contributed by atoms with Gasteiger partial charge in [-0.15, -0.1) is 0 Å². The monoisotopic (exact) mass is 293 g/mol. The quantitative estimate of drug-likeness (QED) is 0.497. The molecule has 0 aliphatic heterocycles. The number of halogens is 1. The number of nitrogen functional groups attached to an aromatic ring is 1. The number of rotatable bonds is 1. The fraction of sp³-hybridized carbons (Fsp3) is 0.0909. The van der Waals surface area contributed by atoms with Gasteiger partial charge in [-0.1, -0.05) is 0 Å². The number of nitrogens with two attached hydrogens (primary N) is 1. The number of nitrogens with zero attached hydrogens (tertiary/aromatic N) is 2. The molecule has 16 heavy (non-hydrogen) atoms. The number of thiocyanates is 1. The van der Waals surface area contributed by atoms with Crippen LogP contribution in [0.2, 0.25) is 0 Å². The van der Waals surface area contributed by atoms with Gasteiger partial charge in [-0.25, -0.2) is 0 Å². The molecule has 0 aliphatic rings. The highest BCUT2D eigenvalue weighted by Gasteiger charge is 2.10. The summed E-state index contributed by atoms with van der Waals surface area (Å²) in [4.78, 5) is 5.25. The fourth-order valence-electron chi connectivity index (χ4n) is 1.51. The Morgan fingerprint density at radius 1 is 1.50 bits per heavy atom. The Labute approximate surface area is 106 Å². The molecular formula is C11H8BrN3S. The average Bonchev–Trinajstić information content (AvgIpc) is 2.24. The van der Waals surface area contributed by atoms with Crippen molar-refractivity contribution in [3.05, 3.63) is 28.4 Å². The van der Waals surface area contributed by atoms with Crippen molar-refractivity contribution < 1.29 is 0 Å². The molecule has 0 radical (unpaired) electrons. The number of thioether (sulfide) groups is 1. The first-order chi connectivity index (χ1) is 7.63. The molecular weight excluding hydrogens is 286 g/mol. The van der Waals surface area contributed by atoms with Gasteiger partial charge in [0, 0.05) is 20.4 Å². The summed E-state index contributed by atoms with van der Waals surface area (Å²) in [5.41, 5.74) is 8.19. The smallest absolute Gasteiger partial charge is 0.138 e. The first-order valence-corrected chi connectivity index (χ1v) is 6.15. The van der Waals surface area contributed by atoms with Gasteiger partial charge in [0.25, 0.3) is 0 Å². The second-order valence-electron chi connectivity index (χ2n) is 3.32. The van der Waals surface area contributed by atoms with Crippen LogP contribution in [0.4, 0.5) is 5.69 Å². The molecule has 0 unspecified atom stereocenters. The van der Waals surface area contributed by atoms with Gasteiger partial charge in [0.05, 0.1) is 11.2 Å². The largest absolute Gasteiger partial charge is 0.397 e. The molecule has 0 saturated heterocycles. The third-order valence-electron chi connectivity index (χ3n) is 2.20. The average molecular weight is 294 g/mol. The summed E-state index contributed by atoms with van der Waals surface area (Å²) in [5, 5.41) is 11.7. The minimum atomic E-state index is 0.618. The Morgan fingerprint density at radius 3 is 2.94 bits per heavy atom. The number of hydrogen-bond acceptors (Lipinski definition) is 4. The van der Waals surface area contributed by atoms with E-state index in [0.29, 0.717) is 5.69 Å². The number of fused-ring (bicyclic) bond motifs is 1. The Balaban J connectivity index is 2.85. The molecule has 2 N–H and O–H groups in total. The van der Waals surface area contributed by atoms with Crippen LogP contribution in [0, 0.1) is 17.6 Å². The summed E-state index contributed by atoms with van der Waals surface area (Å²) < 4.78 is 0.828. The standard InChI is InChI=1S/C11H8BrN3S/c1-6-2-3-7-10(15-6)9(14)4-8(12)11(7)16-5-13/h2-4H,14H2,1H3. The fourth-order valence-corrected chi connectivity index (χ4v) is 2.73. The molecule has 0 fully saturated rings. The van der Waals surface area contributed by atoms with Gasteiger partial charge in [-0.3, -0.25) is 4.98 Å². The molecule has 0 bridgehead atoms. The highest BCUT2D eigenvalue weighted by Crippen LogP contribution is 2.36. The lowest BCUT2D eigenvalue weighted by Gasteiger charge is -2.08. The van der Waals surface area contributed by atoms with E-state index in [1.807, 2.05) is 19.1 Å². The Hall–Kier alpha value is -1.25. The Bertz CT molecular complexity index is 604. The summed E-state index contributed by atoms with van der Waals surface area (Å²) in [5.74, 6) is 0. The van der Waals surface area contributed by atoms with E-state index in [-0.39, 0.29) is 0 Å². The van der Waals surface area contributed by atoms with Crippen LogP contribution in [0.5, 0.6) is 0 Å². The summed E-state index contributed by atoms with van der Waals surface area (Å²) in [6, 6.07) is 5.64. The number of hydrogen-bond donors (Lipinski definition) is 1. The molecule has 0 amide bonds. The van der Waals surface area contributed by atoms with Gasteiger partial charge < -0.3 is 5.73 Å². The number of benzene rings is 1. The molecule has 1 aromatic heterocycles. The van der Waals surface area contributed by atoms with Crippen molar-refractivity contribution in [1.82, 2.24) is 4.98 Å². The first kappa shape index (κ1) is 11.2. The van der Waals surface area contributed by atoms with E-state index in [4.69, 9.17) is 11.0 Å². The third kappa shape index (κ3) is 1.86. The highest BCUT2D eigenvalue weighted by molar-refractivity contribution is 9.10. The lowest BCUT2D eigenvalue weighted by molar-refractivity contribution is 1.25. The maximum atomic E-state index is 8.77. The molecule has 0 spiro atoms. The molecule has 5 heteroatoms. The second kappa shape index (κ2) is 4.32. The highest BCUT2D eigenvalue weighted by atomic mass is 79.9. The normalized spacial score (nSPS) is 10.3. The molecule has 0 saturated carbocycles. The van der Waals surface area contributed by atoms with E-state index >= 15 is 0 Å². The zero-order valence-electron chi connectivity index (χ0n) is 8.49. The summed E-state index contributed by atoms with van der Waals surface area (Å²) in [7, 11) is 0. The van der Waals surface area contributed by atoms with Crippen molar-refractivity contribution in [1.29, 1.82) is 5.26 Å². The van der Waals surface area contributed by atoms with Crippen molar-refractivity contribution in [3.8, 4) is 5.40 Å². The van der Waals surface area contributed by atoms with Gasteiger partial charge in [0.15, 0.2) is 0 Å². The van der Waals surface area contributed by atoms with Crippen molar-refractivity contribution in [3.63, 3.8) is 0 Å².